The van der Waals surface area contributed by atoms with Gasteiger partial charge in [-0.3, -0.25) is 14.4 Å². The molecule has 1 unspecified atom stereocenters. The molecule has 0 rings (SSSR count). The minimum atomic E-state index is -0.763. The maximum atomic E-state index is 12.9. The lowest BCUT2D eigenvalue weighted by Gasteiger charge is -2.18. The van der Waals surface area contributed by atoms with Gasteiger partial charge >= 0.3 is 17.9 Å². The number of hydrogen-bond donors (Lipinski definition) is 0. The molecular weight excluding hydrogens is 1010 g/mol. The summed E-state index contributed by atoms with van der Waals surface area (Å²) >= 11 is 0. The molecule has 0 aliphatic rings. The van der Waals surface area contributed by atoms with E-state index < -0.39 is 6.10 Å². The molecule has 0 heterocycles. The van der Waals surface area contributed by atoms with Gasteiger partial charge in [-0.05, 0) is 51.4 Å². The number of hydrogen-bond acceptors (Lipinski definition) is 6. The molecule has 0 saturated heterocycles. The van der Waals surface area contributed by atoms with Crippen molar-refractivity contribution >= 4 is 17.9 Å². The van der Waals surface area contributed by atoms with Crippen LogP contribution in [0.15, 0.2) is 24.3 Å². The Labute approximate surface area is 513 Å². The molecule has 0 radical (unpaired) electrons. The minimum Gasteiger partial charge on any atom is -0.462 e. The van der Waals surface area contributed by atoms with Crippen molar-refractivity contribution in [3.63, 3.8) is 0 Å². The average Bonchev–Trinajstić information content (AvgIpc) is 3.48. The van der Waals surface area contributed by atoms with E-state index in [0.29, 0.717) is 19.3 Å². The molecule has 484 valence electrons. The number of allylic oxidation sites excluding steroid dienone is 4. The van der Waals surface area contributed by atoms with Crippen molar-refractivity contribution in [2.45, 2.75) is 431 Å². The van der Waals surface area contributed by atoms with Crippen LogP contribution >= 0.6 is 0 Å². The Morgan fingerprint density at radius 2 is 0.439 bits per heavy atom. The van der Waals surface area contributed by atoms with Crippen molar-refractivity contribution in [3.05, 3.63) is 24.3 Å². The van der Waals surface area contributed by atoms with E-state index in [4.69, 9.17) is 14.2 Å². The summed E-state index contributed by atoms with van der Waals surface area (Å²) in [4.78, 5) is 38.0. The third-order valence-electron chi connectivity index (χ3n) is 17.2. The van der Waals surface area contributed by atoms with E-state index >= 15 is 0 Å². The highest BCUT2D eigenvalue weighted by Gasteiger charge is 2.19. The van der Waals surface area contributed by atoms with Gasteiger partial charge in [0.25, 0.3) is 0 Å². The summed E-state index contributed by atoms with van der Waals surface area (Å²) < 4.78 is 16.8. The summed E-state index contributed by atoms with van der Waals surface area (Å²) in [6.07, 6.45) is 88.7. The van der Waals surface area contributed by atoms with Gasteiger partial charge in [0.2, 0.25) is 0 Å². The molecule has 6 heteroatoms. The third-order valence-corrected chi connectivity index (χ3v) is 17.2. The summed E-state index contributed by atoms with van der Waals surface area (Å²) in [5, 5.41) is 0. The lowest BCUT2D eigenvalue weighted by atomic mass is 10.0. The Morgan fingerprint density at radius 3 is 0.671 bits per heavy atom. The van der Waals surface area contributed by atoms with Gasteiger partial charge in [-0.15, -0.1) is 0 Å². The molecule has 0 aliphatic carbocycles. The lowest BCUT2D eigenvalue weighted by Crippen LogP contribution is -2.30. The average molecular weight is 1150 g/mol. The van der Waals surface area contributed by atoms with Gasteiger partial charge in [0.15, 0.2) is 6.10 Å². The second-order valence-electron chi connectivity index (χ2n) is 25.6. The molecule has 0 fully saturated rings. The maximum Gasteiger partial charge on any atom is 0.306 e. The first-order valence-electron chi connectivity index (χ1n) is 37.3. The van der Waals surface area contributed by atoms with Gasteiger partial charge in [-0.2, -0.15) is 0 Å². The summed E-state index contributed by atoms with van der Waals surface area (Å²) in [6, 6.07) is 0. The van der Waals surface area contributed by atoms with Gasteiger partial charge in [0, 0.05) is 19.3 Å². The van der Waals surface area contributed by atoms with Crippen LogP contribution in [-0.2, 0) is 28.6 Å². The van der Waals surface area contributed by atoms with Crippen LogP contribution in [0.2, 0.25) is 0 Å². The van der Waals surface area contributed by atoms with Gasteiger partial charge in [0.1, 0.15) is 13.2 Å². The van der Waals surface area contributed by atoms with Crippen molar-refractivity contribution in [1.29, 1.82) is 0 Å². The molecule has 0 amide bonds. The molecule has 0 aromatic heterocycles. The first kappa shape index (κ1) is 79.9. The third kappa shape index (κ3) is 68.7. The van der Waals surface area contributed by atoms with E-state index in [1.165, 1.54) is 315 Å². The summed E-state index contributed by atoms with van der Waals surface area (Å²) in [5.74, 6) is -0.846. The van der Waals surface area contributed by atoms with E-state index in [-0.39, 0.29) is 31.1 Å². The second-order valence-corrected chi connectivity index (χ2v) is 25.6. The van der Waals surface area contributed by atoms with E-state index in [9.17, 15) is 14.4 Å². The molecule has 0 aliphatic heterocycles. The van der Waals surface area contributed by atoms with Crippen LogP contribution in [0.5, 0.6) is 0 Å². The molecule has 1 atom stereocenters. The molecular formula is C76H144O6. The summed E-state index contributed by atoms with van der Waals surface area (Å²) in [5.41, 5.74) is 0. The van der Waals surface area contributed by atoms with Crippen molar-refractivity contribution < 1.29 is 28.6 Å². The maximum absolute atomic E-state index is 12.9. The standard InChI is InChI=1S/C76H144O6/c1-4-7-10-13-15-17-19-21-23-25-27-29-31-33-34-35-36-37-38-39-40-41-42-43-45-46-48-50-52-54-56-58-60-63-66-69-75(78)81-72-73(71-80-74(77)68-65-62-12-9-6-3)82-76(79)70-67-64-61-59-57-55-53-51-49-47-44-32-30-28-26-24-22-20-18-16-14-11-8-5-2/h19,21,25,27,73H,4-18,20,22-24,26,28-72H2,1-3H3/b21-19-,27-25-. The van der Waals surface area contributed by atoms with Crippen LogP contribution in [0.3, 0.4) is 0 Å². The zero-order valence-electron chi connectivity index (χ0n) is 55.8. The second kappa shape index (κ2) is 71.4. The molecule has 6 nitrogen and oxygen atoms in total. The Bertz CT molecular complexity index is 1320. The Kier molecular flexibility index (Phi) is 69.5. The van der Waals surface area contributed by atoms with Crippen molar-refractivity contribution in [3.8, 4) is 0 Å². The Balaban J connectivity index is 3.85. The van der Waals surface area contributed by atoms with Crippen LogP contribution in [0.25, 0.3) is 0 Å². The largest absolute Gasteiger partial charge is 0.462 e. The molecule has 82 heavy (non-hydrogen) atoms. The van der Waals surface area contributed by atoms with Gasteiger partial charge in [-0.1, -0.05) is 379 Å². The monoisotopic (exact) mass is 1150 g/mol. The lowest BCUT2D eigenvalue weighted by molar-refractivity contribution is -0.167. The van der Waals surface area contributed by atoms with Crippen molar-refractivity contribution in [1.82, 2.24) is 0 Å². The number of esters is 3. The molecule has 0 saturated carbocycles. The zero-order chi connectivity index (χ0) is 59.2. The normalized spacial score (nSPS) is 12.1. The number of carbonyl (C=O) groups excluding carboxylic acids is 3. The minimum absolute atomic E-state index is 0.0641. The van der Waals surface area contributed by atoms with Crippen molar-refractivity contribution in [2.24, 2.45) is 0 Å². The summed E-state index contributed by atoms with van der Waals surface area (Å²) in [7, 11) is 0. The zero-order valence-corrected chi connectivity index (χ0v) is 55.8. The SMILES string of the molecule is CCCCCCC/C=C\C/C=C\CCCCCCCCCCCCCCCCCCCCCCCCCC(=O)OCC(COC(=O)CCCCCCC)OC(=O)CCCCCCCCCCCCCCCCCCCCCCCCCC. The topological polar surface area (TPSA) is 78.9 Å². The smallest absolute Gasteiger partial charge is 0.306 e. The fourth-order valence-corrected chi connectivity index (χ4v) is 11.6. The quantitative estimate of drug-likeness (QED) is 0.0261. The number of ether oxygens (including phenoxy) is 3. The number of rotatable bonds is 70. The van der Waals surface area contributed by atoms with E-state index in [0.717, 1.165) is 70.6 Å². The van der Waals surface area contributed by atoms with Crippen molar-refractivity contribution in [2.75, 3.05) is 13.2 Å². The summed E-state index contributed by atoms with van der Waals surface area (Å²) in [6.45, 7) is 6.63. The highest BCUT2D eigenvalue weighted by Crippen LogP contribution is 2.19. The molecule has 0 N–H and O–H groups in total. The fraction of sp³-hybridized carbons (Fsp3) is 0.908. The molecule has 0 bridgehead atoms. The van der Waals surface area contributed by atoms with Gasteiger partial charge in [0.05, 0.1) is 0 Å². The predicted molar refractivity (Wildman–Crippen MR) is 358 cm³/mol. The van der Waals surface area contributed by atoms with Crippen LogP contribution < -0.4 is 0 Å². The fourth-order valence-electron chi connectivity index (χ4n) is 11.6. The van der Waals surface area contributed by atoms with Crippen LogP contribution in [0.4, 0.5) is 0 Å². The van der Waals surface area contributed by atoms with Crippen LogP contribution in [-0.4, -0.2) is 37.2 Å². The van der Waals surface area contributed by atoms with E-state index in [1.807, 2.05) is 0 Å². The van der Waals surface area contributed by atoms with Crippen LogP contribution in [0.1, 0.15) is 425 Å². The first-order valence-corrected chi connectivity index (χ1v) is 37.3. The number of unbranched alkanes of at least 4 members (excludes halogenated alkanes) is 55. The van der Waals surface area contributed by atoms with E-state index in [1.54, 1.807) is 0 Å². The first-order chi connectivity index (χ1) is 40.5. The van der Waals surface area contributed by atoms with Gasteiger partial charge < -0.3 is 14.2 Å². The molecule has 0 aromatic rings. The Morgan fingerprint density at radius 1 is 0.244 bits per heavy atom. The van der Waals surface area contributed by atoms with Crippen LogP contribution in [0, 0.1) is 0 Å². The Hall–Kier alpha value is -2.11. The predicted octanol–water partition coefficient (Wildman–Crippen LogP) is 25.7. The van der Waals surface area contributed by atoms with E-state index in [2.05, 4.69) is 45.1 Å². The number of carbonyl (C=O) groups is 3. The molecule has 0 spiro atoms. The van der Waals surface area contributed by atoms with Gasteiger partial charge in [-0.25, -0.2) is 0 Å². The molecule has 0 aromatic carbocycles. The highest BCUT2D eigenvalue weighted by molar-refractivity contribution is 5.71. The highest BCUT2D eigenvalue weighted by atomic mass is 16.6.